The Morgan fingerprint density at radius 3 is 1.77 bits per heavy atom. The lowest BCUT2D eigenvalue weighted by molar-refractivity contribution is 0.287. The van der Waals surface area contributed by atoms with Gasteiger partial charge in [0.1, 0.15) is 34.5 Å². The van der Waals surface area contributed by atoms with Gasteiger partial charge in [0.2, 0.25) is 0 Å². The Morgan fingerprint density at radius 1 is 0.615 bits per heavy atom. The van der Waals surface area contributed by atoms with Crippen molar-refractivity contribution >= 4 is 22.6 Å². The number of furan rings is 1. The Kier molecular flexibility index (Phi) is 7.75. The van der Waals surface area contributed by atoms with Crippen LogP contribution in [0.1, 0.15) is 36.8 Å². The van der Waals surface area contributed by atoms with E-state index in [0.29, 0.717) is 6.61 Å². The molecule has 0 saturated heterocycles. The first-order valence-corrected chi connectivity index (χ1v) is 13.9. The van der Waals surface area contributed by atoms with Crippen LogP contribution in [0.5, 0.6) is 11.5 Å². The molecular weight excluding hydrogens is 488 g/mol. The molecule has 2 aliphatic heterocycles. The van der Waals surface area contributed by atoms with Gasteiger partial charge in [-0.05, 0) is 86.3 Å². The molecule has 0 bridgehead atoms. The molecule has 7 nitrogen and oxygen atoms in total. The molecule has 0 atom stereocenters. The number of ether oxygens (including phenoxy) is 2. The van der Waals surface area contributed by atoms with Gasteiger partial charge in [0, 0.05) is 35.2 Å². The predicted octanol–water partition coefficient (Wildman–Crippen LogP) is 5.82. The molecule has 0 radical (unpaired) electrons. The Morgan fingerprint density at radius 2 is 1.18 bits per heavy atom. The summed E-state index contributed by atoms with van der Waals surface area (Å²) in [6.45, 7) is 4.94. The lowest BCUT2D eigenvalue weighted by Crippen LogP contribution is -2.19. The summed E-state index contributed by atoms with van der Waals surface area (Å²) in [5.74, 6) is 4.57. The summed E-state index contributed by atoms with van der Waals surface area (Å²) in [5, 5.41) is 7.69. The van der Waals surface area contributed by atoms with Gasteiger partial charge in [0.25, 0.3) is 0 Å². The van der Waals surface area contributed by atoms with Gasteiger partial charge in [-0.3, -0.25) is 9.98 Å². The smallest absolute Gasteiger partial charge is 0.135 e. The molecule has 0 amide bonds. The Balaban J connectivity index is 0.894. The quantitative estimate of drug-likeness (QED) is 0.229. The van der Waals surface area contributed by atoms with Crippen molar-refractivity contribution in [3.8, 4) is 22.8 Å². The van der Waals surface area contributed by atoms with Crippen molar-refractivity contribution in [3.05, 3.63) is 83.9 Å². The molecule has 2 aliphatic rings. The number of fused-ring (bicyclic) bond motifs is 1. The number of nitrogens with zero attached hydrogens (tertiary/aromatic N) is 2. The monoisotopic (exact) mass is 522 g/mol. The van der Waals surface area contributed by atoms with E-state index >= 15 is 0 Å². The average Bonchev–Trinajstić information content (AvgIpc) is 3.77. The van der Waals surface area contributed by atoms with E-state index in [1.54, 1.807) is 0 Å². The zero-order chi connectivity index (χ0) is 26.3. The summed E-state index contributed by atoms with van der Waals surface area (Å²) in [7, 11) is 0. The van der Waals surface area contributed by atoms with Crippen LogP contribution in [0.25, 0.3) is 22.3 Å². The topological polar surface area (TPSA) is 80.4 Å². The van der Waals surface area contributed by atoms with E-state index in [4.69, 9.17) is 13.9 Å². The Bertz CT molecular complexity index is 1460. The third-order valence-corrected chi connectivity index (χ3v) is 6.98. The van der Waals surface area contributed by atoms with Crippen molar-refractivity contribution in [2.75, 3.05) is 39.4 Å². The second-order valence-corrected chi connectivity index (χ2v) is 9.84. The van der Waals surface area contributed by atoms with Crippen LogP contribution < -0.4 is 20.1 Å². The van der Waals surface area contributed by atoms with E-state index in [9.17, 15) is 0 Å². The molecule has 0 aliphatic carbocycles. The fourth-order valence-corrected chi connectivity index (χ4v) is 4.87. The predicted molar refractivity (Wildman–Crippen MR) is 156 cm³/mol. The standard InChI is InChI=1S/C32H34N4O3/c1(2-4-20-38-28-13-9-24(10-14-28)31-33-15-16-34-31)3-19-37-27-11-7-23(8-12-27)29-21-25-5-6-26(22-30(25)39-29)32-35-17-18-36-32/h5-14,21-22H,1-4,15-20H2,(H,33,34)(H,35,36). The summed E-state index contributed by atoms with van der Waals surface area (Å²) >= 11 is 0. The largest absolute Gasteiger partial charge is 0.494 e. The molecule has 39 heavy (non-hydrogen) atoms. The van der Waals surface area contributed by atoms with E-state index < -0.39 is 0 Å². The lowest BCUT2D eigenvalue weighted by Gasteiger charge is -2.08. The number of rotatable bonds is 12. The molecule has 0 saturated carbocycles. The van der Waals surface area contributed by atoms with Crippen molar-refractivity contribution in [2.24, 2.45) is 9.98 Å². The minimum Gasteiger partial charge on any atom is -0.494 e. The van der Waals surface area contributed by atoms with Gasteiger partial charge in [-0.15, -0.1) is 0 Å². The van der Waals surface area contributed by atoms with Crippen LogP contribution in [0.2, 0.25) is 0 Å². The summed E-state index contributed by atoms with van der Waals surface area (Å²) in [6, 6.07) is 24.6. The molecule has 3 aromatic carbocycles. The van der Waals surface area contributed by atoms with Crippen molar-refractivity contribution in [1.82, 2.24) is 10.6 Å². The van der Waals surface area contributed by atoms with E-state index in [1.807, 2.05) is 24.3 Å². The van der Waals surface area contributed by atoms with Gasteiger partial charge in [0.15, 0.2) is 0 Å². The highest BCUT2D eigenvalue weighted by molar-refractivity contribution is 6.02. The molecule has 6 rings (SSSR count). The van der Waals surface area contributed by atoms with Gasteiger partial charge >= 0.3 is 0 Å². The van der Waals surface area contributed by atoms with Crippen LogP contribution in [-0.2, 0) is 0 Å². The molecule has 0 fully saturated rings. The first-order chi connectivity index (χ1) is 19.3. The normalized spacial score (nSPS) is 14.6. The van der Waals surface area contributed by atoms with Gasteiger partial charge in [-0.2, -0.15) is 0 Å². The minimum absolute atomic E-state index is 0.713. The first kappa shape index (κ1) is 25.0. The van der Waals surface area contributed by atoms with Gasteiger partial charge in [-0.25, -0.2) is 0 Å². The summed E-state index contributed by atoms with van der Waals surface area (Å²) in [4.78, 5) is 8.95. The molecular formula is C32H34N4O3. The molecule has 4 aromatic rings. The van der Waals surface area contributed by atoms with Gasteiger partial charge in [-0.1, -0.05) is 12.1 Å². The molecule has 0 unspecified atom stereocenters. The summed E-state index contributed by atoms with van der Waals surface area (Å²) < 4.78 is 18.0. The third-order valence-electron chi connectivity index (χ3n) is 6.98. The third kappa shape index (κ3) is 6.25. The highest BCUT2D eigenvalue weighted by Crippen LogP contribution is 2.30. The van der Waals surface area contributed by atoms with Crippen molar-refractivity contribution in [2.45, 2.75) is 25.7 Å². The number of benzene rings is 3. The fourth-order valence-electron chi connectivity index (χ4n) is 4.87. The second kappa shape index (κ2) is 12.1. The van der Waals surface area contributed by atoms with E-state index in [-0.39, 0.29) is 0 Å². The maximum absolute atomic E-state index is 6.15. The van der Waals surface area contributed by atoms with Gasteiger partial charge in [0.05, 0.1) is 26.3 Å². The molecule has 3 heterocycles. The number of unbranched alkanes of at least 4 members (excludes halogenated alkanes) is 3. The highest BCUT2D eigenvalue weighted by Gasteiger charge is 2.12. The molecule has 200 valence electrons. The maximum Gasteiger partial charge on any atom is 0.135 e. The lowest BCUT2D eigenvalue weighted by atomic mass is 10.1. The number of amidine groups is 2. The van der Waals surface area contributed by atoms with Crippen molar-refractivity contribution < 1.29 is 13.9 Å². The van der Waals surface area contributed by atoms with Crippen molar-refractivity contribution in [3.63, 3.8) is 0 Å². The van der Waals surface area contributed by atoms with Gasteiger partial charge < -0.3 is 24.5 Å². The maximum atomic E-state index is 6.15. The number of nitrogens with one attached hydrogen (secondary N) is 2. The number of hydrogen-bond donors (Lipinski definition) is 2. The first-order valence-electron chi connectivity index (χ1n) is 13.9. The second-order valence-electron chi connectivity index (χ2n) is 9.84. The van der Waals surface area contributed by atoms with Crippen LogP contribution in [0, 0.1) is 0 Å². The average molecular weight is 523 g/mol. The number of hydrogen-bond acceptors (Lipinski definition) is 7. The molecule has 1 aromatic heterocycles. The van der Waals surface area contributed by atoms with E-state index in [1.165, 1.54) is 0 Å². The van der Waals surface area contributed by atoms with Crippen LogP contribution in [0.3, 0.4) is 0 Å². The minimum atomic E-state index is 0.713. The number of aliphatic imine (C=N–C) groups is 2. The molecule has 7 heteroatoms. The SMILES string of the molecule is c1cc(C2=NCCN2)ccc1OCCCCCCOc1ccc(-c2cc3ccc(C4=NCCN4)cc3o2)cc1. The highest BCUT2D eigenvalue weighted by atomic mass is 16.5. The summed E-state index contributed by atoms with van der Waals surface area (Å²) in [5.41, 5.74) is 4.09. The van der Waals surface area contributed by atoms with Crippen LogP contribution >= 0.6 is 0 Å². The fraction of sp³-hybridized carbons (Fsp3) is 0.312. The van der Waals surface area contributed by atoms with Crippen LogP contribution in [0.15, 0.2) is 87.2 Å². The van der Waals surface area contributed by atoms with E-state index in [0.717, 1.165) is 115 Å². The van der Waals surface area contributed by atoms with E-state index in [2.05, 4.69) is 69.1 Å². The molecule has 2 N–H and O–H groups in total. The van der Waals surface area contributed by atoms with Crippen LogP contribution in [0.4, 0.5) is 0 Å². The Labute approximate surface area is 229 Å². The molecule has 0 spiro atoms. The zero-order valence-electron chi connectivity index (χ0n) is 22.1. The van der Waals surface area contributed by atoms with Crippen LogP contribution in [-0.4, -0.2) is 51.1 Å². The van der Waals surface area contributed by atoms with Crippen molar-refractivity contribution in [1.29, 1.82) is 0 Å². The summed E-state index contributed by atoms with van der Waals surface area (Å²) in [6.07, 6.45) is 4.30. The Hall–Kier alpha value is -4.26. The zero-order valence-corrected chi connectivity index (χ0v) is 22.1.